The number of nitrogens with one attached hydrogen (secondary N) is 2. The first-order valence-corrected chi connectivity index (χ1v) is 8.88. The van der Waals surface area contributed by atoms with Gasteiger partial charge in [0, 0.05) is 12.1 Å². The summed E-state index contributed by atoms with van der Waals surface area (Å²) in [5.41, 5.74) is 0. The molecule has 2 N–H and O–H groups in total. The molecule has 0 aliphatic heterocycles. The van der Waals surface area contributed by atoms with Crippen molar-refractivity contribution in [1.29, 1.82) is 0 Å². The third kappa shape index (κ3) is 4.86. The van der Waals surface area contributed by atoms with Gasteiger partial charge in [0.25, 0.3) is 5.91 Å². The Hall–Kier alpha value is -1.31. The van der Waals surface area contributed by atoms with E-state index in [1.54, 1.807) is 13.8 Å². The van der Waals surface area contributed by atoms with Gasteiger partial charge in [-0.05, 0) is 44.9 Å². The molecule has 0 heterocycles. The van der Waals surface area contributed by atoms with Crippen molar-refractivity contribution in [3.63, 3.8) is 0 Å². The van der Waals surface area contributed by atoms with E-state index in [2.05, 4.69) is 10.0 Å². The fraction of sp³-hybridized carbons (Fsp3) is 0.500. The van der Waals surface area contributed by atoms with Gasteiger partial charge in [0.15, 0.2) is 6.61 Å². The molecule has 0 saturated heterocycles. The third-order valence-electron chi connectivity index (χ3n) is 2.91. The van der Waals surface area contributed by atoms with Crippen LogP contribution in [0.2, 0.25) is 5.02 Å². The average molecular weight is 347 g/mol. The lowest BCUT2D eigenvalue weighted by atomic mass is 10.3. The van der Waals surface area contributed by atoms with Crippen LogP contribution < -0.4 is 14.8 Å². The number of amides is 1. The minimum atomic E-state index is -3.61. The van der Waals surface area contributed by atoms with Crippen molar-refractivity contribution in [2.75, 3.05) is 6.61 Å². The summed E-state index contributed by atoms with van der Waals surface area (Å²) in [7, 11) is -3.61. The molecular weight excluding hydrogens is 328 g/mol. The van der Waals surface area contributed by atoms with E-state index in [1.165, 1.54) is 18.2 Å². The third-order valence-corrected chi connectivity index (χ3v) is 4.86. The van der Waals surface area contributed by atoms with Crippen LogP contribution in [-0.2, 0) is 14.8 Å². The van der Waals surface area contributed by atoms with E-state index in [0.717, 1.165) is 12.8 Å². The first-order chi connectivity index (χ1) is 10.3. The summed E-state index contributed by atoms with van der Waals surface area (Å²) < 4.78 is 31.8. The van der Waals surface area contributed by atoms with Crippen LogP contribution in [-0.4, -0.2) is 33.0 Å². The molecule has 8 heteroatoms. The predicted octanol–water partition coefficient (Wildman–Crippen LogP) is 1.68. The first-order valence-electron chi connectivity index (χ1n) is 7.02. The standard InChI is InChI=1S/C14H19ClN2O4S/c1-9(2)17-22(19,20)11-5-6-13(12(15)7-11)21-8-14(18)16-10-3-4-10/h5-7,9-10,17H,3-4,8H2,1-2H3,(H,16,18). The summed E-state index contributed by atoms with van der Waals surface area (Å²) in [6.45, 7) is 3.32. The molecule has 1 aliphatic carbocycles. The predicted molar refractivity (Wildman–Crippen MR) is 83.6 cm³/mol. The monoisotopic (exact) mass is 346 g/mol. The summed E-state index contributed by atoms with van der Waals surface area (Å²) in [4.78, 5) is 11.6. The van der Waals surface area contributed by atoms with E-state index in [9.17, 15) is 13.2 Å². The van der Waals surface area contributed by atoms with Gasteiger partial charge in [-0.2, -0.15) is 0 Å². The van der Waals surface area contributed by atoms with Crippen molar-refractivity contribution in [2.45, 2.75) is 43.7 Å². The van der Waals surface area contributed by atoms with Gasteiger partial charge in [0.2, 0.25) is 10.0 Å². The van der Waals surface area contributed by atoms with Crippen molar-refractivity contribution in [1.82, 2.24) is 10.0 Å². The molecule has 0 spiro atoms. The maximum absolute atomic E-state index is 12.0. The van der Waals surface area contributed by atoms with Crippen LogP contribution >= 0.6 is 11.6 Å². The van der Waals surface area contributed by atoms with Crippen molar-refractivity contribution in [2.24, 2.45) is 0 Å². The fourth-order valence-electron chi connectivity index (χ4n) is 1.78. The number of halogens is 1. The number of carbonyl (C=O) groups excluding carboxylic acids is 1. The summed E-state index contributed by atoms with van der Waals surface area (Å²) in [6.07, 6.45) is 2.00. The van der Waals surface area contributed by atoms with Crippen LogP contribution in [0.3, 0.4) is 0 Å². The number of rotatable bonds is 7. The minimum absolute atomic E-state index is 0.0565. The van der Waals surface area contributed by atoms with E-state index in [0.29, 0.717) is 0 Å². The Morgan fingerprint density at radius 1 is 1.41 bits per heavy atom. The van der Waals surface area contributed by atoms with E-state index < -0.39 is 10.0 Å². The maximum Gasteiger partial charge on any atom is 0.258 e. The molecule has 1 aromatic carbocycles. The Labute approximate surface area is 135 Å². The SMILES string of the molecule is CC(C)NS(=O)(=O)c1ccc(OCC(=O)NC2CC2)c(Cl)c1. The lowest BCUT2D eigenvalue weighted by Gasteiger charge is -2.12. The molecule has 2 rings (SSSR count). The summed E-state index contributed by atoms with van der Waals surface area (Å²) in [5.74, 6) is 0.0628. The molecule has 0 bridgehead atoms. The van der Waals surface area contributed by atoms with Crippen molar-refractivity contribution < 1.29 is 17.9 Å². The summed E-state index contributed by atoms with van der Waals surface area (Å²) in [5, 5.41) is 2.93. The smallest absolute Gasteiger partial charge is 0.258 e. The van der Waals surface area contributed by atoms with Gasteiger partial charge in [-0.3, -0.25) is 4.79 Å². The van der Waals surface area contributed by atoms with Crippen LogP contribution in [0.5, 0.6) is 5.75 Å². The van der Waals surface area contributed by atoms with E-state index in [4.69, 9.17) is 16.3 Å². The molecule has 1 fully saturated rings. The van der Waals surface area contributed by atoms with Crippen LogP contribution in [0.25, 0.3) is 0 Å². The molecule has 1 aromatic rings. The number of hydrogen-bond donors (Lipinski definition) is 2. The quantitative estimate of drug-likeness (QED) is 0.786. The molecule has 1 amide bonds. The van der Waals surface area contributed by atoms with Crippen LogP contribution in [0.15, 0.2) is 23.1 Å². The molecule has 22 heavy (non-hydrogen) atoms. The van der Waals surface area contributed by atoms with Gasteiger partial charge < -0.3 is 10.1 Å². The average Bonchev–Trinajstić information content (AvgIpc) is 3.19. The van der Waals surface area contributed by atoms with Gasteiger partial charge >= 0.3 is 0 Å². The number of sulfonamides is 1. The van der Waals surface area contributed by atoms with Crippen LogP contribution in [0.1, 0.15) is 26.7 Å². The van der Waals surface area contributed by atoms with Gasteiger partial charge in [0.05, 0.1) is 9.92 Å². The largest absolute Gasteiger partial charge is 0.482 e. The summed E-state index contributed by atoms with van der Waals surface area (Å²) in [6, 6.07) is 4.19. The zero-order valence-electron chi connectivity index (χ0n) is 12.4. The fourth-order valence-corrected chi connectivity index (χ4v) is 3.36. The van der Waals surface area contributed by atoms with Gasteiger partial charge in [-0.15, -0.1) is 0 Å². The van der Waals surface area contributed by atoms with Crippen molar-refractivity contribution in [3.05, 3.63) is 23.2 Å². The molecule has 0 radical (unpaired) electrons. The Balaban J connectivity index is 2.01. The maximum atomic E-state index is 12.0. The highest BCUT2D eigenvalue weighted by Crippen LogP contribution is 2.27. The van der Waals surface area contributed by atoms with Gasteiger partial charge in [-0.25, -0.2) is 13.1 Å². The highest BCUT2D eigenvalue weighted by Gasteiger charge is 2.23. The normalized spacial score (nSPS) is 14.9. The van der Waals surface area contributed by atoms with Crippen molar-refractivity contribution >= 4 is 27.5 Å². The summed E-state index contributed by atoms with van der Waals surface area (Å²) >= 11 is 6.02. The van der Waals surface area contributed by atoms with Crippen molar-refractivity contribution in [3.8, 4) is 5.75 Å². The second kappa shape index (κ2) is 6.85. The lowest BCUT2D eigenvalue weighted by Crippen LogP contribution is -2.31. The number of hydrogen-bond acceptors (Lipinski definition) is 4. The zero-order chi connectivity index (χ0) is 16.3. The zero-order valence-corrected chi connectivity index (χ0v) is 14.0. The molecule has 0 unspecified atom stereocenters. The van der Waals surface area contributed by atoms with Crippen LogP contribution in [0.4, 0.5) is 0 Å². The molecule has 122 valence electrons. The number of benzene rings is 1. The second-order valence-electron chi connectivity index (χ2n) is 5.50. The molecule has 0 aromatic heterocycles. The molecule has 1 saturated carbocycles. The van der Waals surface area contributed by atoms with E-state index in [1.807, 2.05) is 0 Å². The Morgan fingerprint density at radius 3 is 2.64 bits per heavy atom. The van der Waals surface area contributed by atoms with E-state index >= 15 is 0 Å². The van der Waals surface area contributed by atoms with Gasteiger partial charge in [-0.1, -0.05) is 11.6 Å². The highest BCUT2D eigenvalue weighted by molar-refractivity contribution is 7.89. The van der Waals surface area contributed by atoms with E-state index in [-0.39, 0.29) is 40.3 Å². The van der Waals surface area contributed by atoms with Crippen LogP contribution in [0, 0.1) is 0 Å². The Bertz CT molecular complexity index is 657. The molecule has 6 nitrogen and oxygen atoms in total. The topological polar surface area (TPSA) is 84.5 Å². The Morgan fingerprint density at radius 2 is 2.09 bits per heavy atom. The number of ether oxygens (including phenoxy) is 1. The second-order valence-corrected chi connectivity index (χ2v) is 7.62. The molecule has 1 aliphatic rings. The highest BCUT2D eigenvalue weighted by atomic mass is 35.5. The first kappa shape index (κ1) is 17.1. The minimum Gasteiger partial charge on any atom is -0.482 e. The molecule has 0 atom stereocenters. The molecular formula is C14H19ClN2O4S. The Kier molecular flexibility index (Phi) is 5.31. The van der Waals surface area contributed by atoms with Gasteiger partial charge in [0.1, 0.15) is 5.75 Å². The lowest BCUT2D eigenvalue weighted by molar-refractivity contribution is -0.123. The number of carbonyl (C=O) groups is 1.